The Morgan fingerprint density at radius 3 is 2.73 bits per heavy atom. The van der Waals surface area contributed by atoms with Crippen molar-refractivity contribution in [2.45, 2.75) is 37.9 Å². The first-order chi connectivity index (χ1) is 14.3. The molecule has 0 radical (unpaired) electrons. The van der Waals surface area contributed by atoms with Crippen LogP contribution in [0.25, 0.3) is 0 Å². The van der Waals surface area contributed by atoms with Crippen LogP contribution in [0.3, 0.4) is 0 Å². The topological polar surface area (TPSA) is 93.5 Å². The second-order valence-corrected chi connectivity index (χ2v) is 8.77. The van der Waals surface area contributed by atoms with Crippen LogP contribution >= 0.6 is 0 Å². The van der Waals surface area contributed by atoms with Gasteiger partial charge in [0.1, 0.15) is 17.6 Å². The lowest BCUT2D eigenvalue weighted by Crippen LogP contribution is -2.15. The lowest BCUT2D eigenvalue weighted by atomic mass is 9.80. The van der Waals surface area contributed by atoms with Gasteiger partial charge in [-0.25, -0.2) is 0 Å². The molecule has 0 saturated carbocycles. The van der Waals surface area contributed by atoms with E-state index in [9.17, 15) is 18.5 Å². The zero-order chi connectivity index (χ0) is 21.7. The molecule has 0 aliphatic heterocycles. The number of nitriles is 1. The van der Waals surface area contributed by atoms with Crippen LogP contribution in [0.1, 0.15) is 48.8 Å². The molecule has 0 aromatic heterocycles. The summed E-state index contributed by atoms with van der Waals surface area (Å²) in [5, 5.41) is 9.22. The van der Waals surface area contributed by atoms with E-state index < -0.39 is 10.1 Å². The largest absolute Gasteiger partial charge is 0.497 e. The molecule has 0 fully saturated rings. The van der Waals surface area contributed by atoms with E-state index in [1.54, 1.807) is 25.1 Å². The van der Waals surface area contributed by atoms with Gasteiger partial charge in [0.15, 0.2) is 11.5 Å². The smallest absolute Gasteiger partial charge is 0.313 e. The van der Waals surface area contributed by atoms with Crippen molar-refractivity contribution in [3.63, 3.8) is 0 Å². The summed E-state index contributed by atoms with van der Waals surface area (Å²) in [4.78, 5) is 12.0. The van der Waals surface area contributed by atoms with E-state index >= 15 is 0 Å². The van der Waals surface area contributed by atoms with Gasteiger partial charge < -0.3 is 8.92 Å². The van der Waals surface area contributed by atoms with Gasteiger partial charge in [0.05, 0.1) is 12.7 Å². The predicted octanol–water partition coefficient (Wildman–Crippen LogP) is 4.26. The number of hydrogen-bond donors (Lipinski definition) is 0. The van der Waals surface area contributed by atoms with E-state index in [4.69, 9.17) is 8.92 Å². The SMILES string of the molecule is COc1ccc(C#N)c(OS(=O)(=O)Cc2cccc(C3CCCC=C3C(C)=O)c2)c1. The van der Waals surface area contributed by atoms with Crippen LogP contribution in [-0.2, 0) is 20.7 Å². The maximum atomic E-state index is 12.7. The molecule has 0 spiro atoms. The van der Waals surface area contributed by atoms with E-state index in [1.807, 2.05) is 24.3 Å². The number of ether oxygens (including phenoxy) is 1. The molecule has 1 aliphatic carbocycles. The van der Waals surface area contributed by atoms with E-state index in [1.165, 1.54) is 19.2 Å². The maximum absolute atomic E-state index is 12.7. The molecule has 2 aromatic rings. The second kappa shape index (κ2) is 9.14. The normalized spacial score (nSPS) is 16.3. The molecular formula is C23H23NO5S. The van der Waals surface area contributed by atoms with Crippen molar-refractivity contribution >= 4 is 15.9 Å². The monoisotopic (exact) mass is 425 g/mol. The molecule has 30 heavy (non-hydrogen) atoms. The summed E-state index contributed by atoms with van der Waals surface area (Å²) in [6.07, 6.45) is 4.71. The first-order valence-corrected chi connectivity index (χ1v) is 11.2. The molecule has 0 N–H and O–H groups in total. The van der Waals surface area contributed by atoms with Crippen molar-refractivity contribution in [3.05, 3.63) is 70.8 Å². The van der Waals surface area contributed by atoms with E-state index in [2.05, 4.69) is 0 Å². The highest BCUT2D eigenvalue weighted by atomic mass is 32.2. The van der Waals surface area contributed by atoms with Crippen LogP contribution in [-0.4, -0.2) is 21.3 Å². The van der Waals surface area contributed by atoms with Crippen LogP contribution in [0.4, 0.5) is 0 Å². The minimum absolute atomic E-state index is 0.0246. The maximum Gasteiger partial charge on any atom is 0.313 e. The predicted molar refractivity (Wildman–Crippen MR) is 113 cm³/mol. The molecule has 156 valence electrons. The number of Topliss-reactive ketones (excluding diaryl/α,β-unsaturated/α-hetero) is 1. The second-order valence-electron chi connectivity index (χ2n) is 7.20. The summed E-state index contributed by atoms with van der Waals surface area (Å²) in [7, 11) is -2.57. The quantitative estimate of drug-likeness (QED) is 0.616. The molecule has 1 atom stereocenters. The number of allylic oxidation sites excluding steroid dienone is 2. The van der Waals surface area contributed by atoms with E-state index in [0.29, 0.717) is 11.3 Å². The minimum Gasteiger partial charge on any atom is -0.497 e. The molecule has 0 amide bonds. The van der Waals surface area contributed by atoms with Crippen molar-refractivity contribution in [2.24, 2.45) is 0 Å². The van der Waals surface area contributed by atoms with Gasteiger partial charge in [-0.1, -0.05) is 30.3 Å². The molecule has 1 aliphatic rings. The molecule has 7 heteroatoms. The summed E-state index contributed by atoms with van der Waals surface area (Å²) in [6.45, 7) is 1.56. The Morgan fingerprint density at radius 2 is 2.03 bits per heavy atom. The van der Waals surface area contributed by atoms with Gasteiger partial charge in [0, 0.05) is 12.0 Å². The number of rotatable bonds is 7. The zero-order valence-corrected chi connectivity index (χ0v) is 17.7. The molecule has 0 bridgehead atoms. The number of nitrogens with zero attached hydrogens (tertiary/aromatic N) is 1. The molecule has 0 heterocycles. The van der Waals surface area contributed by atoms with Gasteiger partial charge in [0.25, 0.3) is 0 Å². The fourth-order valence-electron chi connectivity index (χ4n) is 3.67. The zero-order valence-electron chi connectivity index (χ0n) is 16.9. The molecule has 2 aromatic carbocycles. The molecule has 3 rings (SSSR count). The van der Waals surface area contributed by atoms with Gasteiger partial charge in [-0.3, -0.25) is 4.79 Å². The third-order valence-corrected chi connectivity index (χ3v) is 6.19. The van der Waals surface area contributed by atoms with Gasteiger partial charge in [-0.2, -0.15) is 13.7 Å². The van der Waals surface area contributed by atoms with Crippen LogP contribution in [0, 0.1) is 11.3 Å². The summed E-state index contributed by atoms with van der Waals surface area (Å²) >= 11 is 0. The van der Waals surface area contributed by atoms with Crippen molar-refractivity contribution < 1.29 is 22.1 Å². The highest BCUT2D eigenvalue weighted by molar-refractivity contribution is 7.86. The Kier molecular flexibility index (Phi) is 6.58. The Hall–Kier alpha value is -3.11. The van der Waals surface area contributed by atoms with E-state index in [-0.39, 0.29) is 28.8 Å². The average Bonchev–Trinajstić information content (AvgIpc) is 2.73. The molecule has 6 nitrogen and oxygen atoms in total. The van der Waals surface area contributed by atoms with Crippen molar-refractivity contribution in [1.29, 1.82) is 5.26 Å². The lowest BCUT2D eigenvalue weighted by molar-refractivity contribution is -0.114. The Labute approximate surface area is 176 Å². The summed E-state index contributed by atoms with van der Waals surface area (Å²) in [6, 6.07) is 13.5. The first kappa shape index (κ1) is 21.6. The lowest BCUT2D eigenvalue weighted by Gasteiger charge is -2.23. The number of ketones is 1. The number of carbonyl (C=O) groups excluding carboxylic acids is 1. The summed E-state index contributed by atoms with van der Waals surface area (Å²) < 4.78 is 35.6. The standard InChI is InChI=1S/C23H23NO5S/c1-16(25)21-8-3-4-9-22(21)18-7-5-6-17(12-18)15-30(26,27)29-23-13-20(28-2)11-10-19(23)14-24/h5-8,10-13,22H,3-4,9,15H2,1-2H3. The highest BCUT2D eigenvalue weighted by Crippen LogP contribution is 2.35. The van der Waals surface area contributed by atoms with Crippen LogP contribution in [0.5, 0.6) is 11.5 Å². The molecule has 0 saturated heterocycles. The Bertz CT molecular complexity index is 1130. The first-order valence-electron chi connectivity index (χ1n) is 9.63. The van der Waals surface area contributed by atoms with Gasteiger partial charge in [0.2, 0.25) is 0 Å². The Morgan fingerprint density at radius 1 is 1.23 bits per heavy atom. The number of methoxy groups -OCH3 is 1. The van der Waals surface area contributed by atoms with Crippen LogP contribution in [0.2, 0.25) is 0 Å². The minimum atomic E-state index is -4.01. The fraction of sp³-hybridized carbons (Fsp3) is 0.304. The van der Waals surface area contributed by atoms with Crippen molar-refractivity contribution in [3.8, 4) is 17.6 Å². The van der Waals surface area contributed by atoms with Crippen molar-refractivity contribution in [2.75, 3.05) is 7.11 Å². The van der Waals surface area contributed by atoms with Crippen molar-refractivity contribution in [1.82, 2.24) is 0 Å². The number of carbonyl (C=O) groups is 1. The summed E-state index contributed by atoms with van der Waals surface area (Å²) in [5.41, 5.74) is 2.37. The third kappa shape index (κ3) is 5.08. The number of benzene rings is 2. The fourth-order valence-corrected chi connectivity index (χ4v) is 4.73. The number of hydrogen-bond acceptors (Lipinski definition) is 6. The third-order valence-electron chi connectivity index (χ3n) is 5.07. The van der Waals surface area contributed by atoms with Gasteiger partial charge in [-0.15, -0.1) is 0 Å². The van der Waals surface area contributed by atoms with Gasteiger partial charge >= 0.3 is 10.1 Å². The van der Waals surface area contributed by atoms with Gasteiger partial charge in [-0.05, 0) is 55.0 Å². The average molecular weight is 426 g/mol. The molecule has 1 unspecified atom stereocenters. The molecular weight excluding hydrogens is 402 g/mol. The van der Waals surface area contributed by atoms with Crippen LogP contribution < -0.4 is 8.92 Å². The van der Waals surface area contributed by atoms with E-state index in [0.717, 1.165) is 30.4 Å². The highest BCUT2D eigenvalue weighted by Gasteiger charge is 2.24. The van der Waals surface area contributed by atoms with Crippen LogP contribution in [0.15, 0.2) is 54.1 Å². The Balaban J connectivity index is 1.84. The summed E-state index contributed by atoms with van der Waals surface area (Å²) in [5.74, 6) is -0.00923.